The van der Waals surface area contributed by atoms with Crippen LogP contribution in [-0.2, 0) is 26.6 Å². The van der Waals surface area contributed by atoms with Crippen molar-refractivity contribution in [2.24, 2.45) is 12.8 Å². The SMILES string of the molecule is CCc1nn(C)c(COc2cc(OC)ccc2CN)c1Br. The monoisotopic (exact) mass is 353 g/mol. The van der Waals surface area contributed by atoms with Gasteiger partial charge in [0.1, 0.15) is 18.1 Å². The fourth-order valence-electron chi connectivity index (χ4n) is 2.09. The molecule has 0 atom stereocenters. The molecule has 1 aromatic carbocycles. The average Bonchev–Trinajstić information content (AvgIpc) is 2.79. The lowest BCUT2D eigenvalue weighted by Gasteiger charge is -2.12. The smallest absolute Gasteiger partial charge is 0.131 e. The Labute approximate surface area is 133 Å². The number of halogens is 1. The minimum atomic E-state index is 0.421. The second-order valence-electron chi connectivity index (χ2n) is 4.65. The number of hydrogen-bond acceptors (Lipinski definition) is 4. The van der Waals surface area contributed by atoms with Gasteiger partial charge in [0.05, 0.1) is 23.0 Å². The number of aryl methyl sites for hydroxylation is 2. The van der Waals surface area contributed by atoms with E-state index in [4.69, 9.17) is 15.2 Å². The highest BCUT2D eigenvalue weighted by molar-refractivity contribution is 9.10. The van der Waals surface area contributed by atoms with E-state index in [-0.39, 0.29) is 0 Å². The fraction of sp³-hybridized carbons (Fsp3) is 0.400. The summed E-state index contributed by atoms with van der Waals surface area (Å²) in [6, 6.07) is 5.65. The Balaban J connectivity index is 2.21. The first-order valence-electron chi connectivity index (χ1n) is 6.80. The molecule has 5 nitrogen and oxygen atoms in total. The van der Waals surface area contributed by atoms with Crippen molar-refractivity contribution in [3.63, 3.8) is 0 Å². The van der Waals surface area contributed by atoms with Gasteiger partial charge in [0.25, 0.3) is 0 Å². The molecule has 0 aliphatic rings. The molecule has 0 aliphatic heterocycles. The number of nitrogens with zero attached hydrogens (tertiary/aromatic N) is 2. The topological polar surface area (TPSA) is 62.3 Å². The Morgan fingerprint density at radius 2 is 2.14 bits per heavy atom. The minimum absolute atomic E-state index is 0.421. The van der Waals surface area contributed by atoms with E-state index in [9.17, 15) is 0 Å². The number of methoxy groups -OCH3 is 1. The van der Waals surface area contributed by atoms with Crippen LogP contribution in [0.4, 0.5) is 0 Å². The first kappa shape index (κ1) is 15.9. The van der Waals surface area contributed by atoms with Gasteiger partial charge < -0.3 is 15.2 Å². The van der Waals surface area contributed by atoms with Gasteiger partial charge in [-0.15, -0.1) is 0 Å². The molecule has 2 N–H and O–H groups in total. The Hall–Kier alpha value is -1.53. The molecule has 0 unspecified atom stereocenters. The molecule has 6 heteroatoms. The van der Waals surface area contributed by atoms with Crippen molar-refractivity contribution in [1.82, 2.24) is 9.78 Å². The van der Waals surface area contributed by atoms with Crippen molar-refractivity contribution >= 4 is 15.9 Å². The zero-order valence-electron chi connectivity index (χ0n) is 12.5. The highest BCUT2D eigenvalue weighted by Gasteiger charge is 2.14. The zero-order valence-corrected chi connectivity index (χ0v) is 14.1. The lowest BCUT2D eigenvalue weighted by atomic mass is 10.2. The van der Waals surface area contributed by atoms with Crippen LogP contribution in [0.2, 0.25) is 0 Å². The standard InChI is InChI=1S/C15H20BrN3O2/c1-4-12-15(16)13(19(2)18-12)9-21-14-7-11(20-3)6-5-10(14)8-17/h5-7H,4,8-9,17H2,1-3H3. The molecule has 0 saturated carbocycles. The number of nitrogens with two attached hydrogens (primary N) is 1. The molecule has 1 aromatic heterocycles. The molecule has 0 bridgehead atoms. The van der Waals surface area contributed by atoms with Crippen LogP contribution in [0.15, 0.2) is 22.7 Å². The van der Waals surface area contributed by atoms with Crippen molar-refractivity contribution in [2.45, 2.75) is 26.5 Å². The van der Waals surface area contributed by atoms with E-state index in [1.165, 1.54) is 0 Å². The van der Waals surface area contributed by atoms with Gasteiger partial charge in [-0.3, -0.25) is 4.68 Å². The Morgan fingerprint density at radius 1 is 1.38 bits per heavy atom. The summed E-state index contributed by atoms with van der Waals surface area (Å²) >= 11 is 3.59. The predicted molar refractivity (Wildman–Crippen MR) is 85.5 cm³/mol. The minimum Gasteiger partial charge on any atom is -0.497 e. The number of aromatic nitrogens is 2. The Bertz CT molecular complexity index is 626. The molecule has 2 aromatic rings. The van der Waals surface area contributed by atoms with E-state index in [2.05, 4.69) is 28.0 Å². The van der Waals surface area contributed by atoms with Gasteiger partial charge in [0.2, 0.25) is 0 Å². The van der Waals surface area contributed by atoms with Gasteiger partial charge in [-0.2, -0.15) is 5.10 Å². The lowest BCUT2D eigenvalue weighted by Crippen LogP contribution is -2.06. The van der Waals surface area contributed by atoms with Gasteiger partial charge in [0, 0.05) is 25.2 Å². The molecule has 21 heavy (non-hydrogen) atoms. The second-order valence-corrected chi connectivity index (χ2v) is 5.44. The number of ether oxygens (including phenoxy) is 2. The molecule has 0 fully saturated rings. The van der Waals surface area contributed by atoms with Crippen molar-refractivity contribution in [3.8, 4) is 11.5 Å². The van der Waals surface area contributed by atoms with E-state index in [1.54, 1.807) is 7.11 Å². The quantitative estimate of drug-likeness (QED) is 0.867. The highest BCUT2D eigenvalue weighted by atomic mass is 79.9. The van der Waals surface area contributed by atoms with Crippen LogP contribution in [0.1, 0.15) is 23.9 Å². The van der Waals surface area contributed by atoms with Crippen LogP contribution >= 0.6 is 15.9 Å². The van der Waals surface area contributed by atoms with Crippen molar-refractivity contribution in [1.29, 1.82) is 0 Å². The average molecular weight is 354 g/mol. The van der Waals surface area contributed by atoms with Crippen LogP contribution < -0.4 is 15.2 Å². The van der Waals surface area contributed by atoms with Crippen molar-refractivity contribution in [2.75, 3.05) is 7.11 Å². The third-order valence-electron chi connectivity index (χ3n) is 3.36. The maximum atomic E-state index is 5.93. The summed E-state index contributed by atoms with van der Waals surface area (Å²) in [5.74, 6) is 1.49. The largest absolute Gasteiger partial charge is 0.497 e. The van der Waals surface area contributed by atoms with Crippen LogP contribution in [-0.4, -0.2) is 16.9 Å². The summed E-state index contributed by atoms with van der Waals surface area (Å²) in [6.45, 7) is 2.92. The van der Waals surface area contributed by atoms with Gasteiger partial charge in [-0.25, -0.2) is 0 Å². The van der Waals surface area contributed by atoms with E-state index in [0.29, 0.717) is 13.2 Å². The molecule has 0 aliphatic carbocycles. The summed E-state index contributed by atoms with van der Waals surface area (Å²) in [5.41, 5.74) is 8.72. The van der Waals surface area contributed by atoms with Gasteiger partial charge in [0.15, 0.2) is 0 Å². The molecule has 0 amide bonds. The zero-order chi connectivity index (χ0) is 15.4. The van der Waals surface area contributed by atoms with Gasteiger partial charge in [-0.1, -0.05) is 13.0 Å². The molecule has 1 heterocycles. The molecular formula is C15H20BrN3O2. The maximum absolute atomic E-state index is 5.93. The van der Waals surface area contributed by atoms with Crippen LogP contribution in [0, 0.1) is 0 Å². The summed E-state index contributed by atoms with van der Waals surface area (Å²) in [4.78, 5) is 0. The number of benzene rings is 1. The van der Waals surface area contributed by atoms with E-state index in [1.807, 2.05) is 29.9 Å². The number of hydrogen-bond donors (Lipinski definition) is 1. The van der Waals surface area contributed by atoms with Gasteiger partial charge >= 0.3 is 0 Å². The highest BCUT2D eigenvalue weighted by Crippen LogP contribution is 2.27. The molecule has 0 radical (unpaired) electrons. The summed E-state index contributed by atoms with van der Waals surface area (Å²) in [5, 5.41) is 4.46. The number of rotatable bonds is 6. The third-order valence-corrected chi connectivity index (χ3v) is 4.28. The molecule has 2 rings (SSSR count). The first-order valence-corrected chi connectivity index (χ1v) is 7.60. The third kappa shape index (κ3) is 3.39. The van der Waals surface area contributed by atoms with Crippen molar-refractivity contribution in [3.05, 3.63) is 39.6 Å². The van der Waals surface area contributed by atoms with Gasteiger partial charge in [-0.05, 0) is 28.4 Å². The van der Waals surface area contributed by atoms with E-state index in [0.717, 1.165) is 39.3 Å². The lowest BCUT2D eigenvalue weighted by molar-refractivity contribution is 0.289. The van der Waals surface area contributed by atoms with E-state index >= 15 is 0 Å². The van der Waals surface area contributed by atoms with E-state index < -0.39 is 0 Å². The maximum Gasteiger partial charge on any atom is 0.131 e. The second kappa shape index (κ2) is 6.95. The van der Waals surface area contributed by atoms with Crippen molar-refractivity contribution < 1.29 is 9.47 Å². The normalized spacial score (nSPS) is 10.7. The van der Waals surface area contributed by atoms with Crippen LogP contribution in [0.3, 0.4) is 0 Å². The summed E-state index contributed by atoms with van der Waals surface area (Å²) in [7, 11) is 3.55. The molecule has 0 saturated heterocycles. The summed E-state index contributed by atoms with van der Waals surface area (Å²) < 4.78 is 14.0. The Kier molecular flexibility index (Phi) is 5.25. The molecule has 114 valence electrons. The fourth-order valence-corrected chi connectivity index (χ4v) is 2.82. The predicted octanol–water partition coefficient (Wildman–Crippen LogP) is 2.79. The molecule has 0 spiro atoms. The van der Waals surface area contributed by atoms with Crippen LogP contribution in [0.5, 0.6) is 11.5 Å². The Morgan fingerprint density at radius 3 is 2.71 bits per heavy atom. The first-order chi connectivity index (χ1) is 10.1. The summed E-state index contributed by atoms with van der Waals surface area (Å²) in [6.07, 6.45) is 0.877. The molecular weight excluding hydrogens is 334 g/mol. The van der Waals surface area contributed by atoms with Crippen LogP contribution in [0.25, 0.3) is 0 Å².